The van der Waals surface area contributed by atoms with Crippen LogP contribution in [0.25, 0.3) is 11.4 Å². The van der Waals surface area contributed by atoms with E-state index in [2.05, 4.69) is 22.5 Å². The Morgan fingerprint density at radius 2 is 2.11 bits per heavy atom. The van der Waals surface area contributed by atoms with E-state index in [-0.39, 0.29) is 0 Å². The molecule has 3 nitrogen and oxygen atoms in total. The largest absolute Gasteiger partial charge is 0.416 e. The van der Waals surface area contributed by atoms with Crippen molar-refractivity contribution in [2.24, 2.45) is 13.0 Å². The number of alkyl halides is 3. The zero-order valence-electron chi connectivity index (χ0n) is 15.6. The lowest BCUT2D eigenvalue weighted by Crippen LogP contribution is -2.09. The smallest absolute Gasteiger partial charge is 0.305 e. The van der Waals surface area contributed by atoms with Gasteiger partial charge in [0.2, 0.25) is 0 Å². The number of thiophene rings is 1. The Kier molecular flexibility index (Phi) is 5.26. The lowest BCUT2D eigenvalue weighted by atomic mass is 9.88. The number of nitrogens with zero attached hydrogens (tertiary/aromatic N) is 3. The monoisotopic (exact) mass is 423 g/mol. The number of hydrogen-bond donors (Lipinski definition) is 0. The number of rotatable bonds is 4. The zero-order valence-corrected chi connectivity index (χ0v) is 17.2. The average Bonchev–Trinajstić information content (AvgIpc) is 3.22. The van der Waals surface area contributed by atoms with Gasteiger partial charge in [0.1, 0.15) is 0 Å². The second-order valence-electron chi connectivity index (χ2n) is 7.25. The molecule has 0 bridgehead atoms. The summed E-state index contributed by atoms with van der Waals surface area (Å²) in [5, 5.41) is 11.5. The Balaban J connectivity index is 1.52. The van der Waals surface area contributed by atoms with Crippen LogP contribution < -0.4 is 0 Å². The summed E-state index contributed by atoms with van der Waals surface area (Å²) in [5.41, 5.74) is 2.52. The minimum atomic E-state index is -4.33. The van der Waals surface area contributed by atoms with E-state index in [0.717, 1.165) is 36.2 Å². The Bertz CT molecular complexity index is 991. The summed E-state index contributed by atoms with van der Waals surface area (Å²) in [6.07, 6.45) is -0.955. The molecule has 4 rings (SSSR count). The molecule has 8 heteroatoms. The van der Waals surface area contributed by atoms with Crippen molar-refractivity contribution >= 4 is 23.1 Å². The van der Waals surface area contributed by atoms with Crippen LogP contribution in [0.5, 0.6) is 0 Å². The van der Waals surface area contributed by atoms with E-state index in [9.17, 15) is 13.2 Å². The normalized spacial score (nSPS) is 17.0. The van der Waals surface area contributed by atoms with Gasteiger partial charge in [-0.15, -0.1) is 21.5 Å². The highest BCUT2D eigenvalue weighted by Crippen LogP contribution is 2.38. The number of aromatic nitrogens is 3. The van der Waals surface area contributed by atoms with Crippen molar-refractivity contribution in [3.8, 4) is 11.4 Å². The highest BCUT2D eigenvalue weighted by Gasteiger charge is 2.30. The molecule has 0 amide bonds. The molecule has 0 radical (unpaired) electrons. The molecule has 28 heavy (non-hydrogen) atoms. The van der Waals surface area contributed by atoms with Gasteiger partial charge in [0.15, 0.2) is 11.0 Å². The highest BCUT2D eigenvalue weighted by atomic mass is 32.2. The van der Waals surface area contributed by atoms with Crippen molar-refractivity contribution in [2.75, 3.05) is 0 Å². The van der Waals surface area contributed by atoms with Crippen molar-refractivity contribution in [2.45, 2.75) is 43.3 Å². The van der Waals surface area contributed by atoms with Crippen molar-refractivity contribution in [1.82, 2.24) is 14.8 Å². The van der Waals surface area contributed by atoms with E-state index < -0.39 is 11.7 Å². The number of fused-ring (bicyclic) bond motifs is 1. The Labute approximate surface area is 170 Å². The predicted octanol–water partition coefficient (Wildman–Crippen LogP) is 5.98. The molecule has 0 fully saturated rings. The molecular weight excluding hydrogens is 403 g/mol. The fourth-order valence-electron chi connectivity index (χ4n) is 3.53. The third-order valence-corrected chi connectivity index (χ3v) is 7.24. The van der Waals surface area contributed by atoms with Crippen LogP contribution in [-0.4, -0.2) is 14.8 Å². The van der Waals surface area contributed by atoms with Gasteiger partial charge in [-0.1, -0.05) is 36.9 Å². The summed E-state index contributed by atoms with van der Waals surface area (Å²) >= 11 is 3.19. The summed E-state index contributed by atoms with van der Waals surface area (Å²) in [6, 6.07) is 5.44. The summed E-state index contributed by atoms with van der Waals surface area (Å²) in [4.78, 5) is 1.44. The maximum atomic E-state index is 12.9. The summed E-state index contributed by atoms with van der Waals surface area (Å²) in [6.45, 7) is 2.28. The van der Waals surface area contributed by atoms with Gasteiger partial charge in [0, 0.05) is 28.6 Å². The molecule has 0 saturated carbocycles. The first-order chi connectivity index (χ1) is 13.3. The van der Waals surface area contributed by atoms with Gasteiger partial charge in [-0.2, -0.15) is 13.2 Å². The summed E-state index contributed by atoms with van der Waals surface area (Å²) in [5.74, 6) is 1.96. The summed E-state index contributed by atoms with van der Waals surface area (Å²) < 4.78 is 40.6. The van der Waals surface area contributed by atoms with Crippen molar-refractivity contribution in [3.63, 3.8) is 0 Å². The van der Waals surface area contributed by atoms with Gasteiger partial charge >= 0.3 is 6.18 Å². The Morgan fingerprint density at radius 3 is 2.89 bits per heavy atom. The molecular formula is C20H20F3N3S2. The topological polar surface area (TPSA) is 30.7 Å². The molecule has 1 aromatic carbocycles. The highest BCUT2D eigenvalue weighted by molar-refractivity contribution is 7.98. The van der Waals surface area contributed by atoms with Crippen molar-refractivity contribution in [3.05, 3.63) is 51.2 Å². The Hall–Kier alpha value is -1.80. The molecule has 1 aliphatic rings. The lowest BCUT2D eigenvalue weighted by Gasteiger charge is -2.18. The van der Waals surface area contributed by atoms with Crippen LogP contribution in [0.2, 0.25) is 0 Å². The van der Waals surface area contributed by atoms with Crippen LogP contribution in [0, 0.1) is 5.92 Å². The van der Waals surface area contributed by atoms with E-state index in [0.29, 0.717) is 16.5 Å². The number of thioether (sulfide) groups is 1. The van der Waals surface area contributed by atoms with Crippen LogP contribution in [0.4, 0.5) is 13.2 Å². The molecule has 0 saturated heterocycles. The number of halogens is 3. The standard InChI is InChI=1S/C20H20F3N3S2/c1-12-6-7-15-16(11-27-17(15)8-12)18-24-25-19(26(18)2)28-10-13-4-3-5-14(9-13)20(21,22)23/h3-5,9,11-12H,6-8,10H2,1-2H3. The van der Waals surface area contributed by atoms with Gasteiger partial charge < -0.3 is 4.57 Å². The zero-order chi connectivity index (χ0) is 19.9. The third-order valence-electron chi connectivity index (χ3n) is 5.10. The second-order valence-corrected chi connectivity index (χ2v) is 9.16. The molecule has 1 aliphatic carbocycles. The Morgan fingerprint density at radius 1 is 1.29 bits per heavy atom. The molecule has 3 aromatic rings. The van der Waals surface area contributed by atoms with E-state index in [1.807, 2.05) is 11.6 Å². The van der Waals surface area contributed by atoms with Crippen molar-refractivity contribution < 1.29 is 13.2 Å². The van der Waals surface area contributed by atoms with E-state index in [1.54, 1.807) is 17.4 Å². The van der Waals surface area contributed by atoms with Crippen LogP contribution in [0.1, 0.15) is 34.9 Å². The van der Waals surface area contributed by atoms with E-state index in [4.69, 9.17) is 0 Å². The maximum Gasteiger partial charge on any atom is 0.416 e. The van der Waals surface area contributed by atoms with Crippen LogP contribution in [0.3, 0.4) is 0 Å². The maximum absolute atomic E-state index is 12.9. The molecule has 1 atom stereocenters. The van der Waals surface area contributed by atoms with Gasteiger partial charge in [0.05, 0.1) is 5.56 Å². The average molecular weight is 424 g/mol. The number of benzene rings is 1. The van der Waals surface area contributed by atoms with E-state index in [1.165, 1.54) is 40.8 Å². The SMILES string of the molecule is CC1CCc2c(-c3nnc(SCc4cccc(C(F)(F)F)c4)n3C)csc2C1. The minimum absolute atomic E-state index is 0.412. The van der Waals surface area contributed by atoms with Gasteiger partial charge in [0.25, 0.3) is 0 Å². The predicted molar refractivity (Wildman–Crippen MR) is 107 cm³/mol. The van der Waals surface area contributed by atoms with Crippen LogP contribution in [0.15, 0.2) is 34.8 Å². The second kappa shape index (κ2) is 7.55. The first-order valence-electron chi connectivity index (χ1n) is 9.11. The van der Waals surface area contributed by atoms with Crippen LogP contribution >= 0.6 is 23.1 Å². The van der Waals surface area contributed by atoms with E-state index >= 15 is 0 Å². The molecule has 2 heterocycles. The van der Waals surface area contributed by atoms with Crippen molar-refractivity contribution in [1.29, 1.82) is 0 Å². The molecule has 2 aromatic heterocycles. The fraction of sp³-hybridized carbons (Fsp3) is 0.400. The van der Waals surface area contributed by atoms with Gasteiger partial charge in [-0.25, -0.2) is 0 Å². The molecule has 0 N–H and O–H groups in total. The fourth-order valence-corrected chi connectivity index (χ4v) is 5.62. The third kappa shape index (κ3) is 3.85. The first kappa shape index (κ1) is 19.5. The lowest BCUT2D eigenvalue weighted by molar-refractivity contribution is -0.137. The van der Waals surface area contributed by atoms with Gasteiger partial charge in [-0.3, -0.25) is 0 Å². The summed E-state index contributed by atoms with van der Waals surface area (Å²) in [7, 11) is 1.92. The molecule has 0 aliphatic heterocycles. The molecule has 148 valence electrons. The van der Waals surface area contributed by atoms with Crippen LogP contribution in [-0.2, 0) is 31.8 Å². The first-order valence-corrected chi connectivity index (χ1v) is 11.0. The number of hydrogen-bond acceptors (Lipinski definition) is 4. The minimum Gasteiger partial charge on any atom is -0.305 e. The van der Waals surface area contributed by atoms with Gasteiger partial charge in [-0.05, 0) is 42.4 Å². The molecule has 0 spiro atoms. The quantitative estimate of drug-likeness (QED) is 0.484. The molecule has 1 unspecified atom stereocenters.